The molecular formula is C10H12BrNO. The third-order valence-corrected chi connectivity index (χ3v) is 1.98. The molecular weight excluding hydrogens is 230 g/mol. The average Bonchev–Trinajstić information content (AvgIpc) is 2.19. The number of hydrogen-bond acceptors (Lipinski definition) is 2. The SMILES string of the molecule is COc1cccc(C=CCCBr)n1. The maximum atomic E-state index is 5.01. The van der Waals surface area contributed by atoms with Gasteiger partial charge in [0.15, 0.2) is 0 Å². The summed E-state index contributed by atoms with van der Waals surface area (Å²) in [4.78, 5) is 4.24. The van der Waals surface area contributed by atoms with Crippen LogP contribution >= 0.6 is 15.9 Å². The third kappa shape index (κ3) is 3.59. The van der Waals surface area contributed by atoms with Gasteiger partial charge in [-0.25, -0.2) is 4.98 Å². The minimum atomic E-state index is 0.654. The normalized spacial score (nSPS) is 10.6. The maximum absolute atomic E-state index is 5.01. The fraction of sp³-hybridized carbons (Fsp3) is 0.300. The van der Waals surface area contributed by atoms with Gasteiger partial charge in [-0.05, 0) is 18.6 Å². The van der Waals surface area contributed by atoms with Crippen LogP contribution in [0.3, 0.4) is 0 Å². The summed E-state index contributed by atoms with van der Waals surface area (Å²) in [7, 11) is 1.62. The topological polar surface area (TPSA) is 22.1 Å². The first-order chi connectivity index (χ1) is 6.36. The second-order valence-electron chi connectivity index (χ2n) is 2.48. The van der Waals surface area contributed by atoms with Crippen LogP contribution in [-0.2, 0) is 0 Å². The molecule has 0 saturated heterocycles. The summed E-state index contributed by atoms with van der Waals surface area (Å²) in [6.07, 6.45) is 5.08. The van der Waals surface area contributed by atoms with Crippen molar-refractivity contribution in [1.82, 2.24) is 4.98 Å². The van der Waals surface area contributed by atoms with E-state index in [4.69, 9.17) is 4.74 Å². The Labute approximate surface area is 86.8 Å². The fourth-order valence-electron chi connectivity index (χ4n) is 0.904. The number of nitrogens with zero attached hydrogens (tertiary/aromatic N) is 1. The highest BCUT2D eigenvalue weighted by Crippen LogP contribution is 2.08. The second-order valence-corrected chi connectivity index (χ2v) is 3.28. The smallest absolute Gasteiger partial charge is 0.213 e. The molecule has 0 aliphatic carbocycles. The number of aromatic nitrogens is 1. The molecule has 1 aromatic heterocycles. The van der Waals surface area contributed by atoms with Crippen LogP contribution in [0.5, 0.6) is 5.88 Å². The van der Waals surface area contributed by atoms with Gasteiger partial charge in [0.05, 0.1) is 12.8 Å². The van der Waals surface area contributed by atoms with E-state index in [2.05, 4.69) is 27.0 Å². The van der Waals surface area contributed by atoms with Crippen LogP contribution < -0.4 is 4.74 Å². The van der Waals surface area contributed by atoms with Crippen molar-refractivity contribution in [2.45, 2.75) is 6.42 Å². The lowest BCUT2D eigenvalue weighted by Gasteiger charge is -1.98. The average molecular weight is 242 g/mol. The fourth-order valence-corrected chi connectivity index (χ4v) is 1.17. The minimum absolute atomic E-state index is 0.654. The molecule has 70 valence electrons. The van der Waals surface area contributed by atoms with E-state index in [9.17, 15) is 0 Å². The number of ether oxygens (including phenoxy) is 1. The molecule has 2 nitrogen and oxygen atoms in total. The molecule has 0 aliphatic rings. The van der Waals surface area contributed by atoms with Crippen molar-refractivity contribution in [3.05, 3.63) is 30.0 Å². The lowest BCUT2D eigenvalue weighted by atomic mass is 10.3. The van der Waals surface area contributed by atoms with Gasteiger partial charge in [0.2, 0.25) is 5.88 Å². The zero-order chi connectivity index (χ0) is 9.52. The van der Waals surface area contributed by atoms with E-state index in [0.717, 1.165) is 17.4 Å². The summed E-state index contributed by atoms with van der Waals surface area (Å²) in [6.45, 7) is 0. The monoisotopic (exact) mass is 241 g/mol. The number of allylic oxidation sites excluding steroid dienone is 1. The minimum Gasteiger partial charge on any atom is -0.481 e. The lowest BCUT2D eigenvalue weighted by Crippen LogP contribution is -1.88. The quantitative estimate of drug-likeness (QED) is 0.757. The molecule has 0 spiro atoms. The van der Waals surface area contributed by atoms with Gasteiger partial charge < -0.3 is 4.74 Å². The van der Waals surface area contributed by atoms with E-state index in [0.29, 0.717) is 5.88 Å². The van der Waals surface area contributed by atoms with Gasteiger partial charge in [-0.3, -0.25) is 0 Å². The number of hydrogen-bond donors (Lipinski definition) is 0. The van der Waals surface area contributed by atoms with Crippen molar-refractivity contribution in [3.63, 3.8) is 0 Å². The highest BCUT2D eigenvalue weighted by atomic mass is 79.9. The van der Waals surface area contributed by atoms with E-state index in [1.807, 2.05) is 24.3 Å². The molecule has 0 bridgehead atoms. The maximum Gasteiger partial charge on any atom is 0.213 e. The first-order valence-corrected chi connectivity index (χ1v) is 5.22. The molecule has 0 N–H and O–H groups in total. The molecule has 0 atom stereocenters. The zero-order valence-corrected chi connectivity index (χ0v) is 9.12. The molecule has 0 aromatic carbocycles. The molecule has 0 aliphatic heterocycles. The Bertz CT molecular complexity index is 286. The van der Waals surface area contributed by atoms with Gasteiger partial charge in [0, 0.05) is 11.4 Å². The number of rotatable bonds is 4. The Morgan fingerprint density at radius 1 is 1.54 bits per heavy atom. The second kappa shape index (κ2) is 5.75. The molecule has 1 rings (SSSR count). The van der Waals surface area contributed by atoms with Gasteiger partial charge in [-0.1, -0.05) is 28.1 Å². The van der Waals surface area contributed by atoms with Crippen molar-refractivity contribution >= 4 is 22.0 Å². The van der Waals surface area contributed by atoms with Gasteiger partial charge in [0.25, 0.3) is 0 Å². The van der Waals surface area contributed by atoms with Crippen LogP contribution in [0, 0.1) is 0 Å². The zero-order valence-electron chi connectivity index (χ0n) is 7.53. The van der Waals surface area contributed by atoms with Crippen LogP contribution in [0.2, 0.25) is 0 Å². The van der Waals surface area contributed by atoms with Crippen molar-refractivity contribution in [2.24, 2.45) is 0 Å². The highest BCUT2D eigenvalue weighted by Gasteiger charge is 1.91. The Hall–Kier alpha value is -0.830. The predicted octanol–water partition coefficient (Wildman–Crippen LogP) is 2.89. The predicted molar refractivity (Wildman–Crippen MR) is 58.2 cm³/mol. The van der Waals surface area contributed by atoms with E-state index in [1.54, 1.807) is 7.11 Å². The molecule has 0 fully saturated rings. The molecule has 0 amide bonds. The summed E-state index contributed by atoms with van der Waals surface area (Å²) < 4.78 is 5.01. The first-order valence-electron chi connectivity index (χ1n) is 4.10. The van der Waals surface area contributed by atoms with Gasteiger partial charge in [0.1, 0.15) is 0 Å². The van der Waals surface area contributed by atoms with Crippen molar-refractivity contribution < 1.29 is 4.74 Å². The van der Waals surface area contributed by atoms with Crippen molar-refractivity contribution in [3.8, 4) is 5.88 Å². The molecule has 1 heterocycles. The Balaban J connectivity index is 2.66. The van der Waals surface area contributed by atoms with E-state index < -0.39 is 0 Å². The molecule has 0 saturated carbocycles. The highest BCUT2D eigenvalue weighted by molar-refractivity contribution is 9.09. The molecule has 3 heteroatoms. The standard InChI is InChI=1S/C10H12BrNO/c1-13-10-7-4-6-9(12-10)5-2-3-8-11/h2,4-7H,3,8H2,1H3. The summed E-state index contributed by atoms with van der Waals surface area (Å²) in [6, 6.07) is 5.72. The summed E-state index contributed by atoms with van der Waals surface area (Å²) in [5, 5.41) is 0.980. The molecule has 1 aromatic rings. The van der Waals surface area contributed by atoms with Crippen LogP contribution in [0.4, 0.5) is 0 Å². The largest absolute Gasteiger partial charge is 0.481 e. The summed E-state index contributed by atoms with van der Waals surface area (Å²) in [5.74, 6) is 0.654. The van der Waals surface area contributed by atoms with Crippen LogP contribution in [0.25, 0.3) is 6.08 Å². The Morgan fingerprint density at radius 3 is 3.08 bits per heavy atom. The van der Waals surface area contributed by atoms with E-state index >= 15 is 0 Å². The lowest BCUT2D eigenvalue weighted by molar-refractivity contribution is 0.397. The third-order valence-electron chi connectivity index (χ3n) is 1.52. The molecule has 0 unspecified atom stereocenters. The summed E-state index contributed by atoms with van der Waals surface area (Å²) >= 11 is 3.35. The van der Waals surface area contributed by atoms with Gasteiger partial charge in [-0.2, -0.15) is 0 Å². The number of alkyl halides is 1. The van der Waals surface area contributed by atoms with Gasteiger partial charge in [-0.15, -0.1) is 0 Å². The van der Waals surface area contributed by atoms with Crippen molar-refractivity contribution in [2.75, 3.05) is 12.4 Å². The Morgan fingerprint density at radius 2 is 2.38 bits per heavy atom. The van der Waals surface area contributed by atoms with E-state index in [1.165, 1.54) is 0 Å². The first kappa shape index (κ1) is 10.3. The van der Waals surface area contributed by atoms with Crippen molar-refractivity contribution in [1.29, 1.82) is 0 Å². The van der Waals surface area contributed by atoms with Crippen LogP contribution in [-0.4, -0.2) is 17.4 Å². The number of pyridine rings is 1. The summed E-state index contributed by atoms with van der Waals surface area (Å²) in [5.41, 5.74) is 0.931. The molecule has 13 heavy (non-hydrogen) atoms. The Kier molecular flexibility index (Phi) is 4.54. The molecule has 0 radical (unpaired) electrons. The van der Waals surface area contributed by atoms with Crippen LogP contribution in [0.15, 0.2) is 24.3 Å². The van der Waals surface area contributed by atoms with Gasteiger partial charge >= 0.3 is 0 Å². The number of methoxy groups -OCH3 is 1. The van der Waals surface area contributed by atoms with Crippen LogP contribution in [0.1, 0.15) is 12.1 Å². The number of halogens is 1. The van der Waals surface area contributed by atoms with E-state index in [-0.39, 0.29) is 0 Å².